The number of amides is 2. The van der Waals surface area contributed by atoms with Gasteiger partial charge in [-0.1, -0.05) is 68.4 Å². The number of piperazine rings is 1. The molecule has 5 heteroatoms. The molecule has 0 aromatic heterocycles. The molecule has 1 saturated heterocycles. The van der Waals surface area contributed by atoms with E-state index in [2.05, 4.69) is 72.8 Å². The van der Waals surface area contributed by atoms with Gasteiger partial charge < -0.3 is 9.80 Å². The van der Waals surface area contributed by atoms with E-state index in [0.717, 1.165) is 0 Å². The van der Waals surface area contributed by atoms with Gasteiger partial charge in [0.15, 0.2) is 6.16 Å². The summed E-state index contributed by atoms with van der Waals surface area (Å²) in [4.78, 5) is 30.0. The Morgan fingerprint density at radius 1 is 0.667 bits per heavy atom. The van der Waals surface area contributed by atoms with Gasteiger partial charge in [0.1, 0.15) is 23.2 Å². The number of rotatable bonds is 6. The molecule has 3 aromatic carbocycles. The lowest BCUT2D eigenvalue weighted by molar-refractivity contribution is -0.140. The second-order valence-corrected chi connectivity index (χ2v) is 12.3. The van der Waals surface area contributed by atoms with Crippen molar-refractivity contribution in [3.8, 4) is 0 Å². The van der Waals surface area contributed by atoms with Gasteiger partial charge in [-0.15, -0.1) is 0 Å². The first-order valence-corrected chi connectivity index (χ1v) is 13.6. The van der Waals surface area contributed by atoms with Crippen LogP contribution in [0.1, 0.15) is 13.8 Å². The van der Waals surface area contributed by atoms with Crippen LogP contribution in [-0.2, 0) is 9.59 Å². The van der Waals surface area contributed by atoms with Gasteiger partial charge >= 0.3 is 0 Å². The Hall–Kier alpha value is -2.97. The summed E-state index contributed by atoms with van der Waals surface area (Å²) in [6.07, 6.45) is 0.448. The average molecular weight is 460 g/mol. The van der Waals surface area contributed by atoms with Crippen molar-refractivity contribution in [2.45, 2.75) is 13.8 Å². The highest BCUT2D eigenvalue weighted by atomic mass is 31.2. The molecule has 4 rings (SSSR count). The quantitative estimate of drug-likeness (QED) is 0.531. The molecule has 1 aliphatic rings. The van der Waals surface area contributed by atoms with Crippen molar-refractivity contribution >= 4 is 35.0 Å². The molecule has 0 unspecified atom stereocenters. The largest absolute Gasteiger partial charge is 0.339 e. The maximum Gasteiger partial charge on any atom is 0.261 e. The number of benzene rings is 3. The highest BCUT2D eigenvalue weighted by Gasteiger charge is 2.48. The van der Waals surface area contributed by atoms with Crippen LogP contribution >= 0.6 is 7.26 Å². The number of nitrogens with zero attached hydrogens (tertiary/aromatic N) is 2. The predicted molar refractivity (Wildman–Crippen MR) is 138 cm³/mol. The van der Waals surface area contributed by atoms with Crippen molar-refractivity contribution in [1.29, 1.82) is 0 Å². The van der Waals surface area contributed by atoms with Crippen molar-refractivity contribution in [1.82, 2.24) is 9.80 Å². The lowest BCUT2D eigenvalue weighted by Gasteiger charge is -2.36. The van der Waals surface area contributed by atoms with E-state index in [1.54, 1.807) is 0 Å². The molecule has 3 aromatic rings. The summed E-state index contributed by atoms with van der Waals surface area (Å²) in [7, 11) is -2.20. The Labute approximate surface area is 197 Å². The fourth-order valence-corrected chi connectivity index (χ4v) is 8.70. The van der Waals surface area contributed by atoms with Gasteiger partial charge in [0.05, 0.1) is 0 Å². The second-order valence-electron chi connectivity index (χ2n) is 8.84. The number of hydrogen-bond acceptors (Lipinski definition) is 2. The monoisotopic (exact) mass is 459 g/mol. The molecule has 2 amide bonds. The summed E-state index contributed by atoms with van der Waals surface area (Å²) in [6, 6.07) is 31.5. The Balaban J connectivity index is 1.69. The highest BCUT2D eigenvalue weighted by molar-refractivity contribution is 7.96. The highest BCUT2D eigenvalue weighted by Crippen LogP contribution is 2.55. The molecular formula is C28H32N2O2P+. The van der Waals surface area contributed by atoms with E-state index in [-0.39, 0.29) is 17.7 Å². The van der Waals surface area contributed by atoms with Gasteiger partial charge in [0.25, 0.3) is 5.91 Å². The molecule has 33 heavy (non-hydrogen) atoms. The van der Waals surface area contributed by atoms with Crippen LogP contribution in [0.25, 0.3) is 0 Å². The molecule has 0 atom stereocenters. The van der Waals surface area contributed by atoms with Gasteiger partial charge in [0, 0.05) is 32.1 Å². The van der Waals surface area contributed by atoms with E-state index in [4.69, 9.17) is 0 Å². The van der Waals surface area contributed by atoms with Crippen LogP contribution < -0.4 is 15.9 Å². The van der Waals surface area contributed by atoms with Crippen molar-refractivity contribution in [3.05, 3.63) is 91.0 Å². The fourth-order valence-electron chi connectivity index (χ4n) is 4.61. The Morgan fingerprint density at radius 2 is 1.03 bits per heavy atom. The van der Waals surface area contributed by atoms with Crippen LogP contribution in [0.15, 0.2) is 91.0 Å². The molecule has 1 fully saturated rings. The Morgan fingerprint density at radius 3 is 1.39 bits per heavy atom. The summed E-state index contributed by atoms with van der Waals surface area (Å²) >= 11 is 0. The van der Waals surface area contributed by atoms with E-state index in [0.29, 0.717) is 32.3 Å². The number of hydrogen-bond donors (Lipinski definition) is 0. The van der Waals surface area contributed by atoms with Crippen LogP contribution in [0.5, 0.6) is 0 Å². The molecular weight excluding hydrogens is 427 g/mol. The zero-order valence-electron chi connectivity index (χ0n) is 19.4. The average Bonchev–Trinajstić information content (AvgIpc) is 2.88. The third kappa shape index (κ3) is 4.86. The molecule has 1 heterocycles. The smallest absolute Gasteiger partial charge is 0.261 e. The normalized spacial score (nSPS) is 14.4. The first-order chi connectivity index (χ1) is 16.0. The van der Waals surface area contributed by atoms with E-state index >= 15 is 0 Å². The predicted octanol–water partition coefficient (Wildman–Crippen LogP) is 3.31. The van der Waals surface area contributed by atoms with Gasteiger partial charge in [-0.25, -0.2) is 0 Å². The lowest BCUT2D eigenvalue weighted by atomic mass is 10.1. The summed E-state index contributed by atoms with van der Waals surface area (Å²) in [6.45, 7) is 6.26. The van der Waals surface area contributed by atoms with E-state index < -0.39 is 7.26 Å². The first kappa shape index (κ1) is 23.2. The standard InChI is InChI=1S/C28H32N2O2P/c1-23(2)28(32)30-20-18-29(19-21-30)27(31)22-33(24-12-6-3-7-13-24,25-14-8-4-9-15-25)26-16-10-5-11-17-26/h3-17,23H,18-22H2,1-2H3/q+1. The molecule has 0 radical (unpaired) electrons. The Kier molecular flexibility index (Phi) is 7.25. The summed E-state index contributed by atoms with van der Waals surface area (Å²) < 4.78 is 0. The number of carbonyl (C=O) groups excluding carboxylic acids is 2. The van der Waals surface area contributed by atoms with Crippen molar-refractivity contribution in [2.24, 2.45) is 5.92 Å². The fraction of sp³-hybridized carbons (Fsp3) is 0.286. The molecule has 1 aliphatic heterocycles. The van der Waals surface area contributed by atoms with Gasteiger partial charge in [-0.2, -0.15) is 0 Å². The van der Waals surface area contributed by atoms with E-state index in [1.165, 1.54) is 15.9 Å². The van der Waals surface area contributed by atoms with Crippen LogP contribution in [0.2, 0.25) is 0 Å². The third-order valence-electron chi connectivity index (χ3n) is 6.40. The van der Waals surface area contributed by atoms with Crippen LogP contribution in [-0.4, -0.2) is 54.0 Å². The molecule has 0 N–H and O–H groups in total. The first-order valence-electron chi connectivity index (χ1n) is 11.6. The molecule has 0 aliphatic carbocycles. The molecule has 0 bridgehead atoms. The lowest BCUT2D eigenvalue weighted by Crippen LogP contribution is -2.53. The summed E-state index contributed by atoms with van der Waals surface area (Å²) in [5, 5.41) is 3.64. The number of carbonyl (C=O) groups is 2. The van der Waals surface area contributed by atoms with Gasteiger partial charge in [-0.05, 0) is 36.4 Å². The van der Waals surface area contributed by atoms with E-state index in [1.807, 2.05) is 41.8 Å². The molecule has 4 nitrogen and oxygen atoms in total. The van der Waals surface area contributed by atoms with Crippen molar-refractivity contribution in [3.63, 3.8) is 0 Å². The molecule has 0 spiro atoms. The van der Waals surface area contributed by atoms with Crippen LogP contribution in [0.3, 0.4) is 0 Å². The van der Waals surface area contributed by atoms with Gasteiger partial charge in [-0.3, -0.25) is 9.59 Å². The van der Waals surface area contributed by atoms with Crippen LogP contribution in [0.4, 0.5) is 0 Å². The minimum Gasteiger partial charge on any atom is -0.339 e. The summed E-state index contributed by atoms with van der Waals surface area (Å²) in [5.74, 6) is 0.318. The minimum absolute atomic E-state index is 0.0138. The third-order valence-corrected chi connectivity index (χ3v) is 10.7. The molecule has 170 valence electrons. The second kappa shape index (κ2) is 10.3. The minimum atomic E-state index is -2.20. The zero-order valence-corrected chi connectivity index (χ0v) is 20.3. The van der Waals surface area contributed by atoms with Crippen molar-refractivity contribution in [2.75, 3.05) is 32.3 Å². The summed E-state index contributed by atoms with van der Waals surface area (Å²) in [5.41, 5.74) is 0. The van der Waals surface area contributed by atoms with Crippen molar-refractivity contribution < 1.29 is 9.59 Å². The maximum atomic E-state index is 13.8. The molecule has 0 saturated carbocycles. The zero-order chi connectivity index (χ0) is 23.3. The SMILES string of the molecule is CC(C)C(=O)N1CCN(C(=O)C[P+](c2ccccc2)(c2ccccc2)c2ccccc2)CC1. The van der Waals surface area contributed by atoms with Crippen LogP contribution in [0, 0.1) is 5.92 Å². The topological polar surface area (TPSA) is 40.6 Å². The van der Waals surface area contributed by atoms with Gasteiger partial charge in [0.2, 0.25) is 5.91 Å². The van der Waals surface area contributed by atoms with E-state index in [9.17, 15) is 9.59 Å². The maximum absolute atomic E-state index is 13.8. The Bertz CT molecular complexity index is 966.